The van der Waals surface area contributed by atoms with Crippen molar-refractivity contribution in [2.75, 3.05) is 14.1 Å². The molecule has 5 heteroatoms. The van der Waals surface area contributed by atoms with Gasteiger partial charge in [0.2, 0.25) is 5.91 Å². The number of amides is 1. The Bertz CT molecular complexity index is 449. The molecule has 0 aliphatic rings. The molecule has 1 amide bonds. The van der Waals surface area contributed by atoms with E-state index in [1.165, 1.54) is 11.3 Å². The average Bonchev–Trinajstić information content (AvgIpc) is 2.62. The van der Waals surface area contributed by atoms with E-state index in [-0.39, 0.29) is 5.91 Å². The van der Waals surface area contributed by atoms with Gasteiger partial charge in [0.1, 0.15) is 0 Å². The van der Waals surface area contributed by atoms with Crippen LogP contribution in [0.25, 0.3) is 0 Å². The molecule has 0 aromatic carbocycles. The summed E-state index contributed by atoms with van der Waals surface area (Å²) >= 11 is 0. The second-order valence-electron chi connectivity index (χ2n) is 5.80. The molecule has 0 aliphatic heterocycles. The van der Waals surface area contributed by atoms with Crippen molar-refractivity contribution in [3.63, 3.8) is 0 Å². The highest BCUT2D eigenvalue weighted by atomic mass is 16.2. The number of nitrogens with zero attached hydrogens (tertiary/aromatic N) is 3. The number of aromatic nitrogens is 2. The Balaban J connectivity index is 2.59. The van der Waals surface area contributed by atoms with Gasteiger partial charge in [-0.2, -0.15) is 5.10 Å². The first kappa shape index (κ1) is 16.7. The zero-order chi connectivity index (χ0) is 15.3. The lowest BCUT2D eigenvalue weighted by Crippen LogP contribution is -2.22. The maximum atomic E-state index is 11.6. The van der Waals surface area contributed by atoms with Crippen LogP contribution in [0, 0.1) is 13.8 Å². The van der Waals surface area contributed by atoms with E-state index < -0.39 is 0 Å². The first-order valence-corrected chi connectivity index (χ1v) is 7.29. The van der Waals surface area contributed by atoms with E-state index >= 15 is 0 Å². The van der Waals surface area contributed by atoms with Gasteiger partial charge < -0.3 is 10.2 Å². The van der Waals surface area contributed by atoms with Crippen LogP contribution >= 0.6 is 0 Å². The molecule has 0 bridgehead atoms. The molecule has 1 aromatic heterocycles. The normalized spacial score (nSPS) is 11.2. The van der Waals surface area contributed by atoms with Crippen molar-refractivity contribution >= 4 is 5.91 Å². The van der Waals surface area contributed by atoms with Gasteiger partial charge >= 0.3 is 0 Å². The van der Waals surface area contributed by atoms with Crippen molar-refractivity contribution < 1.29 is 4.79 Å². The maximum Gasteiger partial charge on any atom is 0.222 e. The van der Waals surface area contributed by atoms with Crippen molar-refractivity contribution in [2.45, 2.75) is 59.7 Å². The van der Waals surface area contributed by atoms with Crippen LogP contribution in [0.1, 0.15) is 43.6 Å². The van der Waals surface area contributed by atoms with Gasteiger partial charge in [0.15, 0.2) is 0 Å². The molecule has 0 saturated carbocycles. The van der Waals surface area contributed by atoms with Gasteiger partial charge in [0.05, 0.1) is 5.69 Å². The van der Waals surface area contributed by atoms with Crippen molar-refractivity contribution in [2.24, 2.45) is 0 Å². The molecule has 0 atom stereocenters. The molecule has 1 heterocycles. The van der Waals surface area contributed by atoms with E-state index in [0.29, 0.717) is 12.5 Å². The van der Waals surface area contributed by atoms with E-state index in [9.17, 15) is 4.79 Å². The number of hydrogen-bond donors (Lipinski definition) is 1. The summed E-state index contributed by atoms with van der Waals surface area (Å²) in [5.74, 6) is 0.174. The molecule has 1 rings (SSSR count). The summed E-state index contributed by atoms with van der Waals surface area (Å²) in [4.78, 5) is 13.2. The van der Waals surface area contributed by atoms with Gasteiger partial charge in [-0.25, -0.2) is 0 Å². The fourth-order valence-electron chi connectivity index (χ4n) is 2.12. The maximum absolute atomic E-state index is 11.6. The summed E-state index contributed by atoms with van der Waals surface area (Å²) in [6, 6.07) is 0.467. The zero-order valence-corrected chi connectivity index (χ0v) is 13.7. The summed E-state index contributed by atoms with van der Waals surface area (Å²) in [5, 5.41) is 8.01. The summed E-state index contributed by atoms with van der Waals surface area (Å²) in [7, 11) is 3.59. The average molecular weight is 280 g/mol. The minimum absolute atomic E-state index is 0.174. The van der Waals surface area contributed by atoms with E-state index in [1.807, 2.05) is 11.6 Å². The molecular formula is C15H28N4O. The number of nitrogens with one attached hydrogen (secondary N) is 1. The number of carbonyl (C=O) groups is 1. The smallest absolute Gasteiger partial charge is 0.222 e. The van der Waals surface area contributed by atoms with Gasteiger partial charge in [0, 0.05) is 50.9 Å². The zero-order valence-electron chi connectivity index (χ0n) is 13.7. The monoisotopic (exact) mass is 280 g/mol. The van der Waals surface area contributed by atoms with Gasteiger partial charge in [-0.15, -0.1) is 0 Å². The summed E-state index contributed by atoms with van der Waals surface area (Å²) < 4.78 is 2.02. The number of carbonyl (C=O) groups excluding carboxylic acids is 1. The Morgan fingerprint density at radius 1 is 1.35 bits per heavy atom. The van der Waals surface area contributed by atoms with Crippen molar-refractivity contribution in [1.82, 2.24) is 20.0 Å². The first-order chi connectivity index (χ1) is 9.32. The van der Waals surface area contributed by atoms with Crippen LogP contribution in [-0.2, 0) is 17.9 Å². The lowest BCUT2D eigenvalue weighted by Gasteiger charge is -2.11. The van der Waals surface area contributed by atoms with E-state index in [4.69, 9.17) is 0 Å². The topological polar surface area (TPSA) is 50.2 Å². The van der Waals surface area contributed by atoms with Crippen LogP contribution < -0.4 is 5.32 Å². The van der Waals surface area contributed by atoms with Gasteiger partial charge in [0.25, 0.3) is 0 Å². The minimum Gasteiger partial charge on any atom is -0.349 e. The molecule has 5 nitrogen and oxygen atoms in total. The fraction of sp³-hybridized carbons (Fsp3) is 0.733. The minimum atomic E-state index is 0.174. The summed E-state index contributed by atoms with van der Waals surface area (Å²) in [6.45, 7) is 10.1. The summed E-state index contributed by atoms with van der Waals surface area (Å²) in [6.07, 6.45) is 1.40. The van der Waals surface area contributed by atoms with Crippen molar-refractivity contribution in [1.29, 1.82) is 0 Å². The molecule has 0 radical (unpaired) electrons. The molecule has 0 fully saturated rings. The molecule has 0 aliphatic carbocycles. The Morgan fingerprint density at radius 3 is 2.55 bits per heavy atom. The lowest BCUT2D eigenvalue weighted by atomic mass is 10.2. The molecule has 20 heavy (non-hydrogen) atoms. The molecular weight excluding hydrogens is 252 g/mol. The molecule has 1 aromatic rings. The summed E-state index contributed by atoms with van der Waals surface area (Å²) in [5.41, 5.74) is 3.56. The molecule has 114 valence electrons. The van der Waals surface area contributed by atoms with Gasteiger partial charge in [-0.3, -0.25) is 9.48 Å². The second kappa shape index (κ2) is 7.43. The van der Waals surface area contributed by atoms with Gasteiger partial charge in [-0.1, -0.05) is 13.8 Å². The standard InChI is InChI=1S/C15H28N4O/c1-11(2)16-10-14-12(3)17-19(13(14)4)9-7-8-15(20)18(5)6/h11,16H,7-10H2,1-6H3. The van der Waals surface area contributed by atoms with Crippen LogP contribution in [0.3, 0.4) is 0 Å². The number of aryl methyl sites for hydroxylation is 2. The third-order valence-corrected chi connectivity index (χ3v) is 3.48. The fourth-order valence-corrected chi connectivity index (χ4v) is 2.12. The van der Waals surface area contributed by atoms with E-state index in [1.54, 1.807) is 19.0 Å². The lowest BCUT2D eigenvalue weighted by molar-refractivity contribution is -0.128. The Hall–Kier alpha value is -1.36. The molecule has 0 saturated heterocycles. The largest absolute Gasteiger partial charge is 0.349 e. The van der Waals surface area contributed by atoms with Crippen LogP contribution in [0.4, 0.5) is 0 Å². The van der Waals surface area contributed by atoms with Crippen LogP contribution in [0.2, 0.25) is 0 Å². The number of hydrogen-bond acceptors (Lipinski definition) is 3. The van der Waals surface area contributed by atoms with Crippen LogP contribution in [-0.4, -0.2) is 40.7 Å². The van der Waals surface area contributed by atoms with Crippen molar-refractivity contribution in [3.05, 3.63) is 17.0 Å². The number of rotatable bonds is 7. The van der Waals surface area contributed by atoms with Crippen LogP contribution in [0.15, 0.2) is 0 Å². The van der Waals surface area contributed by atoms with Gasteiger partial charge in [-0.05, 0) is 20.3 Å². The first-order valence-electron chi connectivity index (χ1n) is 7.29. The molecule has 0 unspecified atom stereocenters. The van der Waals surface area contributed by atoms with Crippen LogP contribution in [0.5, 0.6) is 0 Å². The molecule has 0 spiro atoms. The predicted molar refractivity (Wildman–Crippen MR) is 81.6 cm³/mol. The highest BCUT2D eigenvalue weighted by molar-refractivity contribution is 5.75. The molecule has 1 N–H and O–H groups in total. The Morgan fingerprint density at radius 2 is 2.00 bits per heavy atom. The quantitative estimate of drug-likeness (QED) is 0.829. The second-order valence-corrected chi connectivity index (χ2v) is 5.80. The SMILES string of the molecule is Cc1nn(CCCC(=O)N(C)C)c(C)c1CNC(C)C. The van der Waals surface area contributed by atoms with Crippen molar-refractivity contribution in [3.8, 4) is 0 Å². The predicted octanol–water partition coefficient (Wildman–Crippen LogP) is 1.87. The third-order valence-electron chi connectivity index (χ3n) is 3.48. The highest BCUT2D eigenvalue weighted by Gasteiger charge is 2.12. The third kappa shape index (κ3) is 4.63. The van der Waals surface area contributed by atoms with E-state index in [2.05, 4.69) is 31.2 Å². The van der Waals surface area contributed by atoms with E-state index in [0.717, 1.165) is 25.2 Å². The Labute approximate surface area is 122 Å². The Kier molecular flexibility index (Phi) is 6.20. The highest BCUT2D eigenvalue weighted by Crippen LogP contribution is 2.14.